The van der Waals surface area contributed by atoms with Gasteiger partial charge in [0.1, 0.15) is 35.8 Å². The third kappa shape index (κ3) is 17.9. The van der Waals surface area contributed by atoms with Crippen LogP contribution in [0.3, 0.4) is 0 Å². The number of cyclic esters (lactones) is 3. The lowest BCUT2D eigenvalue weighted by Gasteiger charge is -2.47. The molecule has 6 heterocycles. The van der Waals surface area contributed by atoms with Gasteiger partial charge in [0.25, 0.3) is 0 Å². The minimum Gasteiger partial charge on any atom is -0.462 e. The predicted molar refractivity (Wildman–Crippen MR) is 402 cm³/mol. The summed E-state index contributed by atoms with van der Waals surface area (Å²) in [6.45, 7) is 12.5. The van der Waals surface area contributed by atoms with Crippen LogP contribution < -0.4 is 16.0 Å². The molecule has 21 heteroatoms. The predicted octanol–water partition coefficient (Wildman–Crippen LogP) is 16.9. The van der Waals surface area contributed by atoms with Gasteiger partial charge in [0, 0.05) is 71.2 Å². The minimum atomic E-state index is -0.368. The number of hydrogen-bond donors (Lipinski definition) is 3. The van der Waals surface area contributed by atoms with Gasteiger partial charge in [-0.3, -0.25) is 29.3 Å². The van der Waals surface area contributed by atoms with E-state index in [1.54, 1.807) is 57.6 Å². The molecule has 570 valence electrons. The van der Waals surface area contributed by atoms with Crippen LogP contribution in [0.2, 0.25) is 0 Å². The van der Waals surface area contributed by atoms with Crippen molar-refractivity contribution in [3.05, 3.63) is 181 Å². The van der Waals surface area contributed by atoms with E-state index in [1.807, 2.05) is 93.6 Å². The molecule has 0 spiro atoms. The van der Waals surface area contributed by atoms with E-state index in [1.165, 1.54) is 36.4 Å². The molecule has 6 aromatic rings. The van der Waals surface area contributed by atoms with E-state index in [4.69, 9.17) is 28.4 Å². The number of nitrogens with zero attached hydrogens (tertiary/aromatic N) is 3. The zero-order valence-corrected chi connectivity index (χ0v) is 62.2. The summed E-state index contributed by atoms with van der Waals surface area (Å²) in [7, 11) is 0. The highest BCUT2D eigenvalue weighted by molar-refractivity contribution is 5.78. The van der Waals surface area contributed by atoms with Gasteiger partial charge in [-0.1, -0.05) is 72.8 Å². The average molecular weight is 1480 g/mol. The number of nitrogens with one attached hydrogen (secondary N) is 3. The standard InChI is InChI=1S/3C29H33FN2O4/c3*1-3-35-29(34)32-23-10-11-24-20(14-23)15-26-27(17(2)36-28(26)33)25(24)12-9-22-8-7-19(16-31-22)18-5-4-6-21(30)13-18/h3*4-9,12-13,16-17,20,23-27H,3,10-11,14-15H2,1-2H3,(H,32,34)/b3*12-9+/t17-,20-,23-,24+,25+,26+,27-;17-,20-,23-,24+,25-,26-,27-;17-,20-,23-,24-,25+,26-,27+/m000/s1. The van der Waals surface area contributed by atoms with Crippen LogP contribution in [0.15, 0.2) is 146 Å². The number of hydrogen-bond acceptors (Lipinski definition) is 15. The summed E-state index contributed by atoms with van der Waals surface area (Å²) in [6, 6.07) is 31.3. The van der Waals surface area contributed by atoms with Gasteiger partial charge in [0.05, 0.1) is 54.7 Å². The summed E-state index contributed by atoms with van der Waals surface area (Å²) in [4.78, 5) is 87.7. The van der Waals surface area contributed by atoms with Crippen LogP contribution in [0.4, 0.5) is 27.6 Å². The zero-order chi connectivity index (χ0) is 75.7. The van der Waals surface area contributed by atoms with Gasteiger partial charge in [-0.15, -0.1) is 0 Å². The number of allylic oxidation sites excluding steroid dienone is 3. The van der Waals surface area contributed by atoms with Gasteiger partial charge in [-0.05, 0) is 261 Å². The number of alkyl carbamates (subject to hydrolysis) is 3. The number of ether oxygens (including phenoxy) is 6. The van der Waals surface area contributed by atoms with Crippen molar-refractivity contribution in [1.82, 2.24) is 30.9 Å². The number of aromatic nitrogens is 3. The number of esters is 3. The molecular formula is C87H99F3N6O12. The number of carbonyl (C=O) groups is 6. The normalized spacial score (nSPS) is 31.4. The molecule has 0 radical (unpaired) electrons. The highest BCUT2D eigenvalue weighted by atomic mass is 19.1. The van der Waals surface area contributed by atoms with Gasteiger partial charge in [-0.2, -0.15) is 0 Å². The summed E-state index contributed by atoms with van der Waals surface area (Å²) >= 11 is 0. The molecule has 3 aliphatic heterocycles. The molecule has 0 unspecified atom stereocenters. The van der Waals surface area contributed by atoms with Crippen LogP contribution in [0.5, 0.6) is 0 Å². The maximum Gasteiger partial charge on any atom is 0.407 e. The first kappa shape index (κ1) is 76.5. The fraction of sp³-hybridized carbons (Fsp3) is 0.483. The number of pyridine rings is 3. The second-order valence-electron chi connectivity index (χ2n) is 30.8. The topological polar surface area (TPSA) is 233 Å². The second-order valence-corrected chi connectivity index (χ2v) is 30.8. The van der Waals surface area contributed by atoms with E-state index in [0.717, 1.165) is 128 Å². The van der Waals surface area contributed by atoms with Crippen molar-refractivity contribution in [2.75, 3.05) is 19.8 Å². The Morgan fingerprint density at radius 2 is 0.694 bits per heavy atom. The highest BCUT2D eigenvalue weighted by Crippen LogP contribution is 2.57. The third-order valence-corrected chi connectivity index (χ3v) is 24.5. The molecule has 3 N–H and O–H groups in total. The summed E-state index contributed by atoms with van der Waals surface area (Å²) in [5, 5.41) is 9.00. The van der Waals surface area contributed by atoms with Crippen LogP contribution in [0.1, 0.15) is 136 Å². The number of carbonyl (C=O) groups excluding carboxylic acids is 6. The minimum absolute atomic E-state index is 0.0679. The van der Waals surface area contributed by atoms with Crippen molar-refractivity contribution in [1.29, 1.82) is 0 Å². The Balaban J connectivity index is 0.000000143. The highest BCUT2D eigenvalue weighted by Gasteiger charge is 2.58. The largest absolute Gasteiger partial charge is 0.462 e. The maximum atomic E-state index is 13.6. The first-order chi connectivity index (χ1) is 52.3. The van der Waals surface area contributed by atoms with Crippen LogP contribution in [0.25, 0.3) is 51.6 Å². The van der Waals surface area contributed by atoms with E-state index in [2.05, 4.69) is 49.1 Å². The number of amides is 3. The van der Waals surface area contributed by atoms with Gasteiger partial charge in [0.2, 0.25) is 0 Å². The Bertz CT molecular complexity index is 3830. The fourth-order valence-corrected chi connectivity index (χ4v) is 19.9. The number of rotatable bonds is 15. The molecule has 18 nitrogen and oxygen atoms in total. The smallest absolute Gasteiger partial charge is 0.407 e. The molecule has 6 saturated carbocycles. The van der Waals surface area contributed by atoms with Crippen molar-refractivity contribution in [3.63, 3.8) is 0 Å². The molecule has 9 fully saturated rings. The van der Waals surface area contributed by atoms with E-state index in [-0.39, 0.29) is 143 Å². The monoisotopic (exact) mass is 1480 g/mol. The van der Waals surface area contributed by atoms with Crippen molar-refractivity contribution in [2.24, 2.45) is 88.8 Å². The van der Waals surface area contributed by atoms with Crippen molar-refractivity contribution in [2.45, 2.75) is 155 Å². The number of halogens is 3. The quantitative estimate of drug-likeness (QED) is 0.0641. The molecule has 21 atom stereocenters. The van der Waals surface area contributed by atoms with Crippen LogP contribution >= 0.6 is 0 Å². The fourth-order valence-electron chi connectivity index (χ4n) is 19.9. The summed E-state index contributed by atoms with van der Waals surface area (Å²) in [6.07, 6.45) is 27.2. The molecule has 3 saturated heterocycles. The lowest BCUT2D eigenvalue weighted by molar-refractivity contribution is -0.145. The zero-order valence-electron chi connectivity index (χ0n) is 62.2. The first-order valence-corrected chi connectivity index (χ1v) is 38.9. The van der Waals surface area contributed by atoms with E-state index in [9.17, 15) is 41.9 Å². The molecule has 0 bridgehead atoms. The average Bonchev–Trinajstić information content (AvgIpc) is 1.54. The van der Waals surface area contributed by atoms with Gasteiger partial charge in [0.15, 0.2) is 0 Å². The Labute approximate surface area is 630 Å². The van der Waals surface area contributed by atoms with E-state index in [0.29, 0.717) is 55.3 Å². The van der Waals surface area contributed by atoms with Gasteiger partial charge >= 0.3 is 36.2 Å². The lowest BCUT2D eigenvalue weighted by atomic mass is 9.57. The van der Waals surface area contributed by atoms with Crippen LogP contribution in [-0.4, -0.2) is 107 Å². The maximum absolute atomic E-state index is 13.6. The molecule has 3 amide bonds. The SMILES string of the molecule is CCOC(=O)N[C@H]1CC[C@@H]2[C@@H](C1)C[C@@H]1C(=O)O[C@@H](C)[C@H]1[C@H]2/C=C/c1ccc(-c2cccc(F)c2)cn1.CCOC(=O)N[C@H]1CC[C@@H]2[C@@H](C1)C[C@H]1C(=O)O[C@@H](C)[C@H]1[C@@H]2/C=C/c1ccc(-c2cccc(F)c2)cn1.CCOC(=O)N[C@H]1CC[C@H]2[C@@H](C1)C[C@@H]1C(=O)O[C@@H](C)[C@@H]1[C@@H]2/C=C/c1ccc(-c2cccc(F)c2)cn1. The molecule has 6 aliphatic carbocycles. The van der Waals surface area contributed by atoms with Gasteiger partial charge in [-0.25, -0.2) is 27.6 Å². The molecular weight excluding hydrogens is 1380 g/mol. The lowest BCUT2D eigenvalue weighted by Crippen LogP contribution is -2.48. The Morgan fingerprint density at radius 3 is 0.944 bits per heavy atom. The number of benzene rings is 3. The molecule has 3 aromatic heterocycles. The van der Waals surface area contributed by atoms with Crippen molar-refractivity contribution in [3.8, 4) is 33.4 Å². The second kappa shape index (κ2) is 34.7. The molecule has 108 heavy (non-hydrogen) atoms. The Kier molecular flexibility index (Phi) is 24.6. The first-order valence-electron chi connectivity index (χ1n) is 38.9. The van der Waals surface area contributed by atoms with Crippen LogP contribution in [-0.2, 0) is 42.8 Å². The Morgan fingerprint density at radius 1 is 0.407 bits per heavy atom. The Hall–Kier alpha value is -9.66. The summed E-state index contributed by atoms with van der Waals surface area (Å²) < 4.78 is 73.0. The molecule has 9 aliphatic rings. The number of fused-ring (bicyclic) bond motifs is 6. The summed E-state index contributed by atoms with van der Waals surface area (Å²) in [5.41, 5.74) is 7.43. The van der Waals surface area contributed by atoms with E-state index >= 15 is 0 Å². The van der Waals surface area contributed by atoms with Gasteiger partial charge < -0.3 is 44.4 Å². The molecule has 3 aromatic carbocycles. The van der Waals surface area contributed by atoms with Crippen molar-refractivity contribution < 1.29 is 70.4 Å². The van der Waals surface area contributed by atoms with E-state index < -0.39 is 0 Å². The molecule has 15 rings (SSSR count). The van der Waals surface area contributed by atoms with Crippen LogP contribution in [0, 0.1) is 106 Å². The summed E-state index contributed by atoms with van der Waals surface area (Å²) in [5.74, 6) is 1.89. The third-order valence-electron chi connectivity index (χ3n) is 24.5. The van der Waals surface area contributed by atoms with Crippen molar-refractivity contribution >= 4 is 54.4 Å².